The maximum Gasteiger partial charge on any atom is 0.189 e. The lowest BCUT2D eigenvalue weighted by Gasteiger charge is -2.10. The summed E-state index contributed by atoms with van der Waals surface area (Å²) in [5.41, 5.74) is 10.7. The first-order valence-electron chi connectivity index (χ1n) is 7.84. The fraction of sp³-hybridized carbons (Fsp3) is 0.316. The number of rotatable bonds is 6. The van der Waals surface area contributed by atoms with Crippen molar-refractivity contribution in [1.82, 2.24) is 5.32 Å². The van der Waals surface area contributed by atoms with Gasteiger partial charge in [0.1, 0.15) is 0 Å². The van der Waals surface area contributed by atoms with Crippen molar-refractivity contribution in [3.05, 3.63) is 58.7 Å². The van der Waals surface area contributed by atoms with Crippen molar-refractivity contribution < 1.29 is 9.47 Å². The normalized spacial score (nSPS) is 10.8. The fourth-order valence-electron chi connectivity index (χ4n) is 2.44. The van der Waals surface area contributed by atoms with Crippen LogP contribution in [0.5, 0.6) is 11.5 Å². The number of nitrogens with two attached hydrogens (primary N) is 1. The molecule has 0 atom stereocenters. The van der Waals surface area contributed by atoms with Crippen LogP contribution in [0.15, 0.2) is 41.4 Å². The van der Waals surface area contributed by atoms with Gasteiger partial charge in [-0.15, -0.1) is 24.0 Å². The first-order chi connectivity index (χ1) is 11.5. The van der Waals surface area contributed by atoms with Gasteiger partial charge in [-0.1, -0.05) is 29.8 Å². The standard InChI is InChI=1S/C19H25N3O2.HI/c1-13-5-7-16(14(2)9-13)12-22-19(20)21-11-15-6-8-17(23-3)18(10-15)24-4;/h5-10H,11-12H2,1-4H3,(H3,20,21,22);1H. The molecule has 2 aromatic carbocycles. The molecule has 6 heteroatoms. The topological polar surface area (TPSA) is 68.9 Å². The molecule has 0 unspecified atom stereocenters. The average molecular weight is 455 g/mol. The molecule has 3 N–H and O–H groups in total. The van der Waals surface area contributed by atoms with E-state index in [9.17, 15) is 0 Å². The molecule has 0 saturated carbocycles. The van der Waals surface area contributed by atoms with Gasteiger partial charge in [0.15, 0.2) is 17.5 Å². The van der Waals surface area contributed by atoms with Crippen LogP contribution < -0.4 is 20.5 Å². The summed E-state index contributed by atoms with van der Waals surface area (Å²) in [5.74, 6) is 1.81. The van der Waals surface area contributed by atoms with Gasteiger partial charge in [0.2, 0.25) is 0 Å². The molecule has 136 valence electrons. The lowest BCUT2D eigenvalue weighted by molar-refractivity contribution is 0.354. The summed E-state index contributed by atoms with van der Waals surface area (Å²) < 4.78 is 10.5. The number of nitrogens with one attached hydrogen (secondary N) is 1. The third-order valence-electron chi connectivity index (χ3n) is 3.84. The van der Waals surface area contributed by atoms with Gasteiger partial charge in [0, 0.05) is 6.54 Å². The molecule has 0 aliphatic rings. The van der Waals surface area contributed by atoms with Crippen molar-refractivity contribution in [2.24, 2.45) is 10.7 Å². The highest BCUT2D eigenvalue weighted by Crippen LogP contribution is 2.27. The zero-order valence-corrected chi connectivity index (χ0v) is 17.5. The maximum absolute atomic E-state index is 5.96. The van der Waals surface area contributed by atoms with E-state index in [1.807, 2.05) is 18.2 Å². The van der Waals surface area contributed by atoms with Crippen molar-refractivity contribution in [3.63, 3.8) is 0 Å². The molecule has 25 heavy (non-hydrogen) atoms. The van der Waals surface area contributed by atoms with Crippen LogP contribution in [0.4, 0.5) is 0 Å². The molecule has 2 aromatic rings. The zero-order chi connectivity index (χ0) is 17.5. The van der Waals surface area contributed by atoms with Crippen molar-refractivity contribution >= 4 is 29.9 Å². The van der Waals surface area contributed by atoms with E-state index in [-0.39, 0.29) is 24.0 Å². The Hall–Kier alpha value is -1.96. The smallest absolute Gasteiger partial charge is 0.189 e. The molecule has 0 amide bonds. The summed E-state index contributed by atoms with van der Waals surface area (Å²) in [6, 6.07) is 12.1. The average Bonchev–Trinajstić information content (AvgIpc) is 2.58. The number of benzene rings is 2. The minimum absolute atomic E-state index is 0. The van der Waals surface area contributed by atoms with E-state index in [4.69, 9.17) is 15.2 Å². The van der Waals surface area contributed by atoms with Crippen LogP contribution in [0, 0.1) is 13.8 Å². The number of guanidine groups is 1. The number of aliphatic imine (C=N–C) groups is 1. The molecule has 0 radical (unpaired) electrons. The van der Waals surface area contributed by atoms with Gasteiger partial charge in [-0.3, -0.25) is 0 Å². The number of hydrogen-bond donors (Lipinski definition) is 2. The Morgan fingerprint density at radius 3 is 2.40 bits per heavy atom. The van der Waals surface area contributed by atoms with Gasteiger partial charge < -0.3 is 20.5 Å². The van der Waals surface area contributed by atoms with E-state index in [2.05, 4.69) is 42.4 Å². The molecule has 0 aromatic heterocycles. The third-order valence-corrected chi connectivity index (χ3v) is 3.84. The fourth-order valence-corrected chi connectivity index (χ4v) is 2.44. The summed E-state index contributed by atoms with van der Waals surface area (Å²) in [5, 5.41) is 3.15. The van der Waals surface area contributed by atoms with Crippen LogP contribution in [0.2, 0.25) is 0 Å². The molecule has 0 fully saturated rings. The summed E-state index contributed by atoms with van der Waals surface area (Å²) >= 11 is 0. The zero-order valence-electron chi connectivity index (χ0n) is 15.1. The van der Waals surface area contributed by atoms with E-state index in [0.29, 0.717) is 30.5 Å². The molecular weight excluding hydrogens is 429 g/mol. The minimum atomic E-state index is 0. The Morgan fingerprint density at radius 1 is 1.04 bits per heavy atom. The SMILES string of the molecule is COc1ccc(CN=C(N)NCc2ccc(C)cc2C)cc1OC.I. The Labute approximate surface area is 166 Å². The van der Waals surface area contributed by atoms with Crippen LogP contribution >= 0.6 is 24.0 Å². The lowest BCUT2D eigenvalue weighted by atomic mass is 10.1. The van der Waals surface area contributed by atoms with Crippen LogP contribution in [0.25, 0.3) is 0 Å². The predicted octanol–water partition coefficient (Wildman–Crippen LogP) is 3.54. The molecule has 0 saturated heterocycles. The van der Waals surface area contributed by atoms with Gasteiger partial charge >= 0.3 is 0 Å². The molecule has 2 rings (SSSR count). The van der Waals surface area contributed by atoms with E-state index in [0.717, 1.165) is 5.56 Å². The highest BCUT2D eigenvalue weighted by molar-refractivity contribution is 14.0. The first kappa shape index (κ1) is 21.1. The second-order valence-corrected chi connectivity index (χ2v) is 5.67. The van der Waals surface area contributed by atoms with Gasteiger partial charge in [0.05, 0.1) is 20.8 Å². The number of halogens is 1. The predicted molar refractivity (Wildman–Crippen MR) is 113 cm³/mol. The number of ether oxygens (including phenoxy) is 2. The third kappa shape index (κ3) is 6.12. The number of methoxy groups -OCH3 is 2. The Morgan fingerprint density at radius 2 is 1.76 bits per heavy atom. The first-order valence-corrected chi connectivity index (χ1v) is 7.84. The van der Waals surface area contributed by atoms with E-state index < -0.39 is 0 Å². The number of aryl methyl sites for hydroxylation is 2. The van der Waals surface area contributed by atoms with Crippen LogP contribution in [0.1, 0.15) is 22.3 Å². The minimum Gasteiger partial charge on any atom is -0.493 e. The second kappa shape index (κ2) is 10.1. The molecule has 0 aliphatic carbocycles. The second-order valence-electron chi connectivity index (χ2n) is 5.67. The largest absolute Gasteiger partial charge is 0.493 e. The molecule has 0 aliphatic heterocycles. The summed E-state index contributed by atoms with van der Waals surface area (Å²) in [6.07, 6.45) is 0. The van der Waals surface area contributed by atoms with Crippen molar-refractivity contribution in [2.75, 3.05) is 14.2 Å². The Kier molecular flexibility index (Phi) is 8.54. The number of hydrogen-bond acceptors (Lipinski definition) is 3. The van der Waals surface area contributed by atoms with Gasteiger partial charge in [0.25, 0.3) is 0 Å². The summed E-state index contributed by atoms with van der Waals surface area (Å²) in [4.78, 5) is 4.37. The van der Waals surface area contributed by atoms with Gasteiger partial charge in [-0.2, -0.15) is 0 Å². The van der Waals surface area contributed by atoms with Crippen molar-refractivity contribution in [2.45, 2.75) is 26.9 Å². The maximum atomic E-state index is 5.96. The van der Waals surface area contributed by atoms with Gasteiger partial charge in [-0.05, 0) is 42.7 Å². The van der Waals surface area contributed by atoms with Crippen LogP contribution in [-0.2, 0) is 13.1 Å². The van der Waals surface area contributed by atoms with E-state index in [1.54, 1.807) is 14.2 Å². The van der Waals surface area contributed by atoms with Crippen molar-refractivity contribution in [1.29, 1.82) is 0 Å². The molecular formula is C19H26IN3O2. The highest BCUT2D eigenvalue weighted by Gasteiger charge is 2.04. The monoisotopic (exact) mass is 455 g/mol. The lowest BCUT2D eigenvalue weighted by Crippen LogP contribution is -2.31. The number of nitrogens with zero attached hydrogens (tertiary/aromatic N) is 1. The highest BCUT2D eigenvalue weighted by atomic mass is 127. The Balaban J connectivity index is 0.00000312. The van der Waals surface area contributed by atoms with Crippen LogP contribution in [-0.4, -0.2) is 20.2 Å². The molecule has 0 bridgehead atoms. The quantitative estimate of drug-likeness (QED) is 0.397. The molecule has 0 spiro atoms. The summed E-state index contributed by atoms with van der Waals surface area (Å²) in [6.45, 7) is 5.32. The van der Waals surface area contributed by atoms with E-state index >= 15 is 0 Å². The molecule has 5 nitrogen and oxygen atoms in total. The summed E-state index contributed by atoms with van der Waals surface area (Å²) in [7, 11) is 3.23. The van der Waals surface area contributed by atoms with E-state index in [1.165, 1.54) is 16.7 Å². The van der Waals surface area contributed by atoms with Crippen molar-refractivity contribution in [3.8, 4) is 11.5 Å². The van der Waals surface area contributed by atoms with Crippen LogP contribution in [0.3, 0.4) is 0 Å². The Bertz CT molecular complexity index is 733. The molecule has 0 heterocycles. The van der Waals surface area contributed by atoms with Gasteiger partial charge in [-0.25, -0.2) is 4.99 Å².